The van der Waals surface area contributed by atoms with Crippen molar-refractivity contribution in [2.24, 2.45) is 5.84 Å². The predicted octanol–water partition coefficient (Wildman–Crippen LogP) is 2.36. The standard InChI is InChI=1S/C12H23N5S/c1-7(2)10-15-11(14-6-8(3)18-5)9(4)12(16-10)17-13/h7-8H,6,13H2,1-5H3,(H2,14,15,16,17). The van der Waals surface area contributed by atoms with Crippen LogP contribution in [0.1, 0.15) is 38.1 Å². The third-order valence-electron chi connectivity index (χ3n) is 2.78. The van der Waals surface area contributed by atoms with E-state index in [-0.39, 0.29) is 5.92 Å². The lowest BCUT2D eigenvalue weighted by Crippen LogP contribution is -2.18. The van der Waals surface area contributed by atoms with E-state index in [1.54, 1.807) is 0 Å². The SMILES string of the molecule is CSC(C)CNc1nc(C(C)C)nc(NN)c1C. The Kier molecular flexibility index (Phi) is 5.68. The molecule has 5 nitrogen and oxygen atoms in total. The molecule has 1 aromatic heterocycles. The van der Waals surface area contributed by atoms with Gasteiger partial charge in [-0.05, 0) is 13.2 Å². The number of anilines is 2. The van der Waals surface area contributed by atoms with Crippen molar-refractivity contribution in [2.75, 3.05) is 23.5 Å². The van der Waals surface area contributed by atoms with E-state index in [2.05, 4.69) is 47.7 Å². The van der Waals surface area contributed by atoms with Gasteiger partial charge in [-0.1, -0.05) is 20.8 Å². The van der Waals surface area contributed by atoms with Crippen LogP contribution in [0, 0.1) is 6.92 Å². The summed E-state index contributed by atoms with van der Waals surface area (Å²) in [5.74, 6) is 8.12. The van der Waals surface area contributed by atoms with Crippen molar-refractivity contribution in [1.29, 1.82) is 0 Å². The first-order chi connectivity index (χ1) is 8.49. The van der Waals surface area contributed by atoms with Crippen molar-refractivity contribution in [2.45, 2.75) is 38.9 Å². The van der Waals surface area contributed by atoms with E-state index >= 15 is 0 Å². The van der Waals surface area contributed by atoms with Gasteiger partial charge in [0.05, 0.1) is 0 Å². The molecule has 0 spiro atoms. The number of rotatable bonds is 6. The lowest BCUT2D eigenvalue weighted by Gasteiger charge is -2.16. The Labute approximate surface area is 113 Å². The molecule has 1 aromatic rings. The fraction of sp³-hybridized carbons (Fsp3) is 0.667. The molecule has 0 aromatic carbocycles. The van der Waals surface area contributed by atoms with Gasteiger partial charge in [0.25, 0.3) is 0 Å². The van der Waals surface area contributed by atoms with Crippen LogP contribution in [0.15, 0.2) is 0 Å². The quantitative estimate of drug-likeness (QED) is 0.544. The lowest BCUT2D eigenvalue weighted by atomic mass is 10.2. The molecule has 0 bridgehead atoms. The number of hydrogen-bond acceptors (Lipinski definition) is 6. The highest BCUT2D eigenvalue weighted by molar-refractivity contribution is 7.99. The minimum Gasteiger partial charge on any atom is -0.369 e. The maximum absolute atomic E-state index is 5.50. The van der Waals surface area contributed by atoms with Gasteiger partial charge in [-0.25, -0.2) is 15.8 Å². The first-order valence-electron chi connectivity index (χ1n) is 6.11. The zero-order chi connectivity index (χ0) is 13.7. The molecule has 1 heterocycles. The molecule has 0 fully saturated rings. The van der Waals surface area contributed by atoms with Crippen molar-refractivity contribution < 1.29 is 0 Å². The van der Waals surface area contributed by atoms with E-state index in [9.17, 15) is 0 Å². The molecule has 0 radical (unpaired) electrons. The van der Waals surface area contributed by atoms with Crippen molar-refractivity contribution >= 4 is 23.4 Å². The summed E-state index contributed by atoms with van der Waals surface area (Å²) in [5, 5.41) is 3.90. The molecule has 0 aliphatic heterocycles. The van der Waals surface area contributed by atoms with Gasteiger partial charge in [-0.2, -0.15) is 11.8 Å². The second-order valence-corrected chi connectivity index (χ2v) is 5.91. The van der Waals surface area contributed by atoms with Gasteiger partial charge in [0.1, 0.15) is 17.5 Å². The topological polar surface area (TPSA) is 75.9 Å². The summed E-state index contributed by atoms with van der Waals surface area (Å²) in [4.78, 5) is 8.97. The molecule has 4 N–H and O–H groups in total. The van der Waals surface area contributed by atoms with Crippen LogP contribution in [0.3, 0.4) is 0 Å². The number of hydrogen-bond donors (Lipinski definition) is 3. The summed E-state index contributed by atoms with van der Waals surface area (Å²) in [5.41, 5.74) is 3.59. The van der Waals surface area contributed by atoms with Gasteiger partial charge < -0.3 is 10.7 Å². The largest absolute Gasteiger partial charge is 0.369 e. The first kappa shape index (κ1) is 15.0. The Morgan fingerprint density at radius 1 is 1.22 bits per heavy atom. The second-order valence-electron chi connectivity index (χ2n) is 4.63. The number of hydrazine groups is 1. The molecule has 0 saturated carbocycles. The van der Waals surface area contributed by atoms with Crippen molar-refractivity contribution in [3.8, 4) is 0 Å². The van der Waals surface area contributed by atoms with Crippen LogP contribution in [0.25, 0.3) is 0 Å². The minimum absolute atomic E-state index is 0.274. The van der Waals surface area contributed by atoms with Crippen molar-refractivity contribution in [3.63, 3.8) is 0 Å². The predicted molar refractivity (Wildman–Crippen MR) is 80.1 cm³/mol. The van der Waals surface area contributed by atoms with Crippen LogP contribution in [0.4, 0.5) is 11.6 Å². The molecule has 1 rings (SSSR count). The van der Waals surface area contributed by atoms with E-state index in [4.69, 9.17) is 5.84 Å². The molecule has 1 unspecified atom stereocenters. The van der Waals surface area contributed by atoms with Crippen molar-refractivity contribution in [1.82, 2.24) is 9.97 Å². The number of nitrogens with two attached hydrogens (primary N) is 1. The summed E-state index contributed by atoms with van der Waals surface area (Å²) >= 11 is 1.82. The minimum atomic E-state index is 0.274. The fourth-order valence-corrected chi connectivity index (χ4v) is 1.68. The summed E-state index contributed by atoms with van der Waals surface area (Å²) in [6.07, 6.45) is 2.10. The Hall–Kier alpha value is -1.01. The van der Waals surface area contributed by atoms with Crippen LogP contribution in [0.2, 0.25) is 0 Å². The molecule has 0 amide bonds. The fourth-order valence-electron chi connectivity index (χ4n) is 1.43. The molecular weight excluding hydrogens is 246 g/mol. The highest BCUT2D eigenvalue weighted by atomic mass is 32.2. The number of nitrogens with one attached hydrogen (secondary N) is 2. The van der Waals surface area contributed by atoms with Gasteiger partial charge in [-0.15, -0.1) is 0 Å². The van der Waals surface area contributed by atoms with E-state index in [0.717, 1.165) is 23.8 Å². The van der Waals surface area contributed by atoms with Crippen molar-refractivity contribution in [3.05, 3.63) is 11.4 Å². The Morgan fingerprint density at radius 2 is 1.83 bits per heavy atom. The summed E-state index contributed by atoms with van der Waals surface area (Å²) in [7, 11) is 0. The van der Waals surface area contributed by atoms with Crippen LogP contribution in [-0.4, -0.2) is 28.0 Å². The zero-order valence-corrected chi connectivity index (χ0v) is 12.6. The average molecular weight is 269 g/mol. The summed E-state index contributed by atoms with van der Waals surface area (Å²) < 4.78 is 0. The lowest BCUT2D eigenvalue weighted by molar-refractivity contribution is 0.772. The smallest absolute Gasteiger partial charge is 0.148 e. The van der Waals surface area contributed by atoms with Gasteiger partial charge in [-0.3, -0.25) is 0 Å². The average Bonchev–Trinajstić information content (AvgIpc) is 2.36. The van der Waals surface area contributed by atoms with Gasteiger partial charge in [0, 0.05) is 23.3 Å². The van der Waals surface area contributed by atoms with Crippen LogP contribution >= 0.6 is 11.8 Å². The molecule has 0 aliphatic carbocycles. The van der Waals surface area contributed by atoms with E-state index in [1.807, 2.05) is 18.7 Å². The molecule has 1 atom stereocenters. The maximum atomic E-state index is 5.50. The van der Waals surface area contributed by atoms with Crippen LogP contribution < -0.4 is 16.6 Å². The number of nitrogens with zero attached hydrogens (tertiary/aromatic N) is 2. The first-order valence-corrected chi connectivity index (χ1v) is 7.40. The van der Waals surface area contributed by atoms with Gasteiger partial charge in [0.15, 0.2) is 0 Å². The second kappa shape index (κ2) is 6.80. The van der Waals surface area contributed by atoms with E-state index in [1.165, 1.54) is 0 Å². The third-order valence-corrected chi connectivity index (χ3v) is 3.75. The summed E-state index contributed by atoms with van der Waals surface area (Å²) in [6, 6.07) is 0. The zero-order valence-electron chi connectivity index (χ0n) is 11.7. The van der Waals surface area contributed by atoms with Gasteiger partial charge >= 0.3 is 0 Å². The Balaban J connectivity index is 2.97. The normalized spacial score (nSPS) is 12.6. The molecular formula is C12H23N5S. The highest BCUT2D eigenvalue weighted by Crippen LogP contribution is 2.22. The molecule has 102 valence electrons. The van der Waals surface area contributed by atoms with Gasteiger partial charge in [0.2, 0.25) is 0 Å². The maximum Gasteiger partial charge on any atom is 0.148 e. The molecule has 0 saturated heterocycles. The monoisotopic (exact) mass is 269 g/mol. The van der Waals surface area contributed by atoms with E-state index in [0.29, 0.717) is 11.1 Å². The number of aromatic nitrogens is 2. The Bertz CT molecular complexity index is 394. The number of thioether (sulfide) groups is 1. The molecule has 6 heteroatoms. The highest BCUT2D eigenvalue weighted by Gasteiger charge is 2.12. The third kappa shape index (κ3) is 3.74. The number of nitrogen functional groups attached to an aromatic ring is 1. The van der Waals surface area contributed by atoms with Crippen LogP contribution in [0.5, 0.6) is 0 Å². The van der Waals surface area contributed by atoms with E-state index < -0.39 is 0 Å². The van der Waals surface area contributed by atoms with Crippen LogP contribution in [-0.2, 0) is 0 Å². The summed E-state index contributed by atoms with van der Waals surface area (Å²) in [6.45, 7) is 9.16. The molecule has 0 aliphatic rings. The molecule has 18 heavy (non-hydrogen) atoms. The Morgan fingerprint density at radius 3 is 2.33 bits per heavy atom.